The van der Waals surface area contributed by atoms with E-state index in [1.165, 1.54) is 0 Å². The number of anilines is 1. The third-order valence-corrected chi connectivity index (χ3v) is 3.72. The lowest BCUT2D eigenvalue weighted by Crippen LogP contribution is -2.52. The second kappa shape index (κ2) is 6.29. The van der Waals surface area contributed by atoms with E-state index in [0.717, 1.165) is 42.6 Å². The summed E-state index contributed by atoms with van der Waals surface area (Å²) in [5.74, 6) is 0.977. The summed E-state index contributed by atoms with van der Waals surface area (Å²) in [6, 6.07) is 2.08. The van der Waals surface area contributed by atoms with Crippen molar-refractivity contribution in [3.05, 3.63) is 22.8 Å². The molecule has 112 valence electrons. The summed E-state index contributed by atoms with van der Waals surface area (Å²) < 4.78 is 5.94. The van der Waals surface area contributed by atoms with Gasteiger partial charge in [-0.3, -0.25) is 0 Å². The maximum Gasteiger partial charge on any atom is 0.129 e. The second-order valence-electron chi connectivity index (χ2n) is 5.98. The molecule has 1 N–H and O–H groups in total. The number of aromatic nitrogens is 1. The predicted molar refractivity (Wildman–Crippen MR) is 83.5 cm³/mol. The summed E-state index contributed by atoms with van der Waals surface area (Å²) in [6.07, 6.45) is 1.95. The molecule has 2 rings (SSSR count). The lowest BCUT2D eigenvalue weighted by molar-refractivity contribution is -0.0751. The van der Waals surface area contributed by atoms with Crippen molar-refractivity contribution in [1.29, 1.82) is 0 Å². The molecule has 0 spiro atoms. The van der Waals surface area contributed by atoms with Crippen LogP contribution in [0.25, 0.3) is 0 Å². The third kappa shape index (κ3) is 3.84. The van der Waals surface area contributed by atoms with Gasteiger partial charge in [-0.25, -0.2) is 4.98 Å². The Hall–Kier alpha value is -0.840. The summed E-state index contributed by atoms with van der Waals surface area (Å²) >= 11 is 6.21. The molecule has 2 heterocycles. The van der Waals surface area contributed by atoms with Gasteiger partial charge in [0.2, 0.25) is 0 Å². The minimum Gasteiger partial charge on any atom is -0.369 e. The number of ether oxygens (including phenoxy) is 1. The standard InChI is InChI=1S/C15H24ClN3O/c1-5-17-7-12-6-14(18-8-13(12)16)19-9-11(2)20-15(3,4)10-19/h6,8,11,17H,5,7,9-10H2,1-4H3. The monoisotopic (exact) mass is 297 g/mol. The number of hydrogen-bond acceptors (Lipinski definition) is 4. The van der Waals surface area contributed by atoms with E-state index in [4.69, 9.17) is 16.3 Å². The number of rotatable bonds is 4. The maximum atomic E-state index is 6.21. The lowest BCUT2D eigenvalue weighted by atomic mass is 10.1. The first-order valence-electron chi connectivity index (χ1n) is 7.19. The average Bonchev–Trinajstić information content (AvgIpc) is 2.35. The van der Waals surface area contributed by atoms with Gasteiger partial charge in [0.15, 0.2) is 0 Å². The summed E-state index contributed by atoms with van der Waals surface area (Å²) in [7, 11) is 0. The molecular weight excluding hydrogens is 274 g/mol. The molecule has 0 radical (unpaired) electrons. The van der Waals surface area contributed by atoms with Crippen LogP contribution in [0, 0.1) is 0 Å². The van der Waals surface area contributed by atoms with Crippen LogP contribution in [0.1, 0.15) is 33.3 Å². The molecule has 1 aliphatic rings. The Morgan fingerprint density at radius 3 is 2.95 bits per heavy atom. The fraction of sp³-hybridized carbons (Fsp3) is 0.667. The zero-order valence-electron chi connectivity index (χ0n) is 12.7. The van der Waals surface area contributed by atoms with E-state index in [1.54, 1.807) is 6.20 Å². The fourth-order valence-electron chi connectivity index (χ4n) is 2.66. The van der Waals surface area contributed by atoms with Crippen molar-refractivity contribution >= 4 is 17.4 Å². The highest BCUT2D eigenvalue weighted by atomic mass is 35.5. The molecule has 4 nitrogen and oxygen atoms in total. The van der Waals surface area contributed by atoms with E-state index in [1.807, 2.05) is 0 Å². The first kappa shape index (κ1) is 15.5. The number of morpholine rings is 1. The second-order valence-corrected chi connectivity index (χ2v) is 6.39. The molecule has 1 fully saturated rings. The normalized spacial score (nSPS) is 22.1. The third-order valence-electron chi connectivity index (χ3n) is 3.38. The SMILES string of the molecule is CCNCc1cc(N2CC(C)OC(C)(C)C2)ncc1Cl. The van der Waals surface area contributed by atoms with E-state index in [-0.39, 0.29) is 11.7 Å². The first-order valence-corrected chi connectivity index (χ1v) is 7.57. The number of nitrogens with zero attached hydrogens (tertiary/aromatic N) is 2. The molecule has 0 bridgehead atoms. The predicted octanol–water partition coefficient (Wildman–Crippen LogP) is 2.85. The zero-order valence-corrected chi connectivity index (χ0v) is 13.5. The molecule has 0 amide bonds. The molecule has 0 aliphatic carbocycles. The number of hydrogen-bond donors (Lipinski definition) is 1. The van der Waals surface area contributed by atoms with Gasteiger partial charge < -0.3 is 15.0 Å². The van der Waals surface area contributed by atoms with E-state index < -0.39 is 0 Å². The number of nitrogens with one attached hydrogen (secondary N) is 1. The molecule has 0 aromatic carbocycles. The highest BCUT2D eigenvalue weighted by Crippen LogP contribution is 2.27. The van der Waals surface area contributed by atoms with Crippen LogP contribution in [0.5, 0.6) is 0 Å². The molecular formula is C15H24ClN3O. The Bertz CT molecular complexity index is 464. The molecule has 5 heteroatoms. The Morgan fingerprint density at radius 1 is 1.55 bits per heavy atom. The molecule has 1 aliphatic heterocycles. The first-order chi connectivity index (χ1) is 9.41. The van der Waals surface area contributed by atoms with E-state index >= 15 is 0 Å². The molecule has 1 atom stereocenters. The maximum absolute atomic E-state index is 6.21. The minimum atomic E-state index is -0.152. The largest absolute Gasteiger partial charge is 0.369 e. The summed E-state index contributed by atoms with van der Waals surface area (Å²) in [6.45, 7) is 11.8. The van der Waals surface area contributed by atoms with Crippen molar-refractivity contribution in [2.24, 2.45) is 0 Å². The molecule has 1 saturated heterocycles. The zero-order chi connectivity index (χ0) is 14.8. The van der Waals surface area contributed by atoms with Crippen LogP contribution in [0.3, 0.4) is 0 Å². The van der Waals surface area contributed by atoms with Crippen molar-refractivity contribution in [1.82, 2.24) is 10.3 Å². The van der Waals surface area contributed by atoms with E-state index in [0.29, 0.717) is 0 Å². The topological polar surface area (TPSA) is 37.4 Å². The molecule has 1 aromatic heterocycles. The van der Waals surface area contributed by atoms with E-state index in [2.05, 4.69) is 49.0 Å². The Kier molecular flexibility index (Phi) is 4.89. The van der Waals surface area contributed by atoms with E-state index in [9.17, 15) is 0 Å². The van der Waals surface area contributed by atoms with Gasteiger partial charge in [-0.2, -0.15) is 0 Å². The lowest BCUT2D eigenvalue weighted by Gasteiger charge is -2.42. The molecule has 20 heavy (non-hydrogen) atoms. The summed E-state index contributed by atoms with van der Waals surface area (Å²) in [4.78, 5) is 6.76. The Labute approximate surface area is 126 Å². The molecule has 1 unspecified atom stereocenters. The highest BCUT2D eigenvalue weighted by Gasteiger charge is 2.32. The van der Waals surface area contributed by atoms with Crippen LogP contribution in [0.15, 0.2) is 12.3 Å². The van der Waals surface area contributed by atoms with Crippen molar-refractivity contribution < 1.29 is 4.74 Å². The van der Waals surface area contributed by atoms with Crippen LogP contribution in [-0.2, 0) is 11.3 Å². The van der Waals surface area contributed by atoms with Crippen LogP contribution < -0.4 is 10.2 Å². The summed E-state index contributed by atoms with van der Waals surface area (Å²) in [5.41, 5.74) is 0.941. The van der Waals surface area contributed by atoms with Crippen molar-refractivity contribution in [3.8, 4) is 0 Å². The molecule has 1 aromatic rings. The van der Waals surface area contributed by atoms with Gasteiger partial charge in [0, 0.05) is 25.8 Å². The van der Waals surface area contributed by atoms with Gasteiger partial charge in [-0.1, -0.05) is 18.5 Å². The van der Waals surface area contributed by atoms with Crippen molar-refractivity contribution in [3.63, 3.8) is 0 Å². The van der Waals surface area contributed by atoms with Crippen LogP contribution in [0.4, 0.5) is 5.82 Å². The van der Waals surface area contributed by atoms with Crippen LogP contribution in [-0.4, -0.2) is 36.3 Å². The van der Waals surface area contributed by atoms with Crippen molar-refractivity contribution in [2.75, 3.05) is 24.5 Å². The number of pyridine rings is 1. The Morgan fingerprint density at radius 2 is 2.30 bits per heavy atom. The van der Waals surface area contributed by atoms with Gasteiger partial charge >= 0.3 is 0 Å². The highest BCUT2D eigenvalue weighted by molar-refractivity contribution is 6.31. The fourth-order valence-corrected chi connectivity index (χ4v) is 2.83. The molecule has 0 saturated carbocycles. The summed E-state index contributed by atoms with van der Waals surface area (Å²) in [5, 5.41) is 4.02. The van der Waals surface area contributed by atoms with Gasteiger partial charge in [-0.15, -0.1) is 0 Å². The quantitative estimate of drug-likeness (QED) is 0.927. The van der Waals surface area contributed by atoms with Crippen LogP contribution in [0.2, 0.25) is 5.02 Å². The van der Waals surface area contributed by atoms with Gasteiger partial charge in [0.25, 0.3) is 0 Å². The van der Waals surface area contributed by atoms with Crippen molar-refractivity contribution in [2.45, 2.75) is 45.9 Å². The average molecular weight is 298 g/mol. The number of halogens is 1. The smallest absolute Gasteiger partial charge is 0.129 e. The Balaban J connectivity index is 2.19. The minimum absolute atomic E-state index is 0.152. The van der Waals surface area contributed by atoms with Gasteiger partial charge in [0.05, 0.1) is 16.7 Å². The van der Waals surface area contributed by atoms with Gasteiger partial charge in [0.1, 0.15) is 5.82 Å². The van der Waals surface area contributed by atoms with Crippen LogP contribution >= 0.6 is 11.6 Å². The van der Waals surface area contributed by atoms with Gasteiger partial charge in [-0.05, 0) is 38.9 Å².